The molecule has 2 aromatic rings. The van der Waals surface area contributed by atoms with Crippen molar-refractivity contribution in [1.29, 1.82) is 0 Å². The van der Waals surface area contributed by atoms with Crippen molar-refractivity contribution in [3.63, 3.8) is 0 Å². The second kappa shape index (κ2) is 7.47. The van der Waals surface area contributed by atoms with Gasteiger partial charge in [-0.05, 0) is 41.2 Å². The summed E-state index contributed by atoms with van der Waals surface area (Å²) in [4.78, 5) is 0. The Hall–Kier alpha value is -1.31. The van der Waals surface area contributed by atoms with Crippen LogP contribution in [0, 0.1) is 5.92 Å². The van der Waals surface area contributed by atoms with Crippen LogP contribution in [0.5, 0.6) is 0 Å². The highest BCUT2D eigenvalue weighted by Crippen LogP contribution is 2.11. The molecule has 0 saturated carbocycles. The molecule has 0 saturated heterocycles. The fraction of sp³-hybridized carbons (Fsp3) is 0.333. The smallest absolute Gasteiger partial charge is 0.0406 e. The zero-order valence-electron chi connectivity index (χ0n) is 12.2. The number of halogens is 1. The minimum atomic E-state index is 0.712. The van der Waals surface area contributed by atoms with Crippen LogP contribution in [0.15, 0.2) is 48.5 Å². The van der Waals surface area contributed by atoms with Gasteiger partial charge in [0.25, 0.3) is 0 Å². The molecule has 2 rings (SSSR count). The highest BCUT2D eigenvalue weighted by atomic mass is 35.5. The standard InChI is InChI=1S/C18H22ClN/c1-14(2)11-15-3-5-16(6-4-15)12-20-13-17-7-9-18(19)10-8-17/h3-10,14,20H,11-13H2,1-2H3. The molecule has 106 valence electrons. The second-order valence-corrected chi connectivity index (χ2v) is 6.08. The van der Waals surface area contributed by atoms with E-state index in [1.807, 2.05) is 12.1 Å². The van der Waals surface area contributed by atoms with E-state index in [0.29, 0.717) is 5.92 Å². The SMILES string of the molecule is CC(C)Cc1ccc(CNCc2ccc(Cl)cc2)cc1. The zero-order valence-corrected chi connectivity index (χ0v) is 13.0. The topological polar surface area (TPSA) is 12.0 Å². The molecule has 1 nitrogen and oxygen atoms in total. The monoisotopic (exact) mass is 287 g/mol. The van der Waals surface area contributed by atoms with Gasteiger partial charge in [0.2, 0.25) is 0 Å². The minimum Gasteiger partial charge on any atom is -0.309 e. The Kier molecular flexibility index (Phi) is 5.63. The fourth-order valence-corrected chi connectivity index (χ4v) is 2.34. The van der Waals surface area contributed by atoms with Crippen LogP contribution < -0.4 is 5.32 Å². The van der Waals surface area contributed by atoms with E-state index in [1.165, 1.54) is 16.7 Å². The molecule has 0 spiro atoms. The highest BCUT2D eigenvalue weighted by Gasteiger charge is 1.99. The number of hydrogen-bond donors (Lipinski definition) is 1. The molecule has 0 heterocycles. The molecule has 1 N–H and O–H groups in total. The van der Waals surface area contributed by atoms with Gasteiger partial charge < -0.3 is 5.32 Å². The van der Waals surface area contributed by atoms with E-state index in [-0.39, 0.29) is 0 Å². The summed E-state index contributed by atoms with van der Waals surface area (Å²) in [6.45, 7) is 6.26. The lowest BCUT2D eigenvalue weighted by Gasteiger charge is -2.08. The summed E-state index contributed by atoms with van der Waals surface area (Å²) in [5, 5.41) is 4.24. The molecular formula is C18H22ClN. The summed E-state index contributed by atoms with van der Waals surface area (Å²) < 4.78 is 0. The largest absolute Gasteiger partial charge is 0.309 e. The number of nitrogens with one attached hydrogen (secondary N) is 1. The van der Waals surface area contributed by atoms with Crippen LogP contribution in [0.25, 0.3) is 0 Å². The van der Waals surface area contributed by atoms with Crippen molar-refractivity contribution in [1.82, 2.24) is 5.32 Å². The average molecular weight is 288 g/mol. The molecule has 2 aromatic carbocycles. The van der Waals surface area contributed by atoms with E-state index in [4.69, 9.17) is 11.6 Å². The van der Waals surface area contributed by atoms with Gasteiger partial charge in [0.05, 0.1) is 0 Å². The van der Waals surface area contributed by atoms with E-state index in [9.17, 15) is 0 Å². The molecule has 0 unspecified atom stereocenters. The van der Waals surface area contributed by atoms with Gasteiger partial charge in [-0.2, -0.15) is 0 Å². The average Bonchev–Trinajstić information content (AvgIpc) is 2.42. The fourth-order valence-electron chi connectivity index (χ4n) is 2.22. The zero-order chi connectivity index (χ0) is 14.4. The van der Waals surface area contributed by atoms with Crippen LogP contribution in [-0.2, 0) is 19.5 Å². The van der Waals surface area contributed by atoms with Crippen LogP contribution in [0.1, 0.15) is 30.5 Å². The summed E-state index contributed by atoms with van der Waals surface area (Å²) >= 11 is 5.87. The van der Waals surface area contributed by atoms with Gasteiger partial charge in [-0.15, -0.1) is 0 Å². The summed E-state index contributed by atoms with van der Waals surface area (Å²) in [5.74, 6) is 0.712. The van der Waals surface area contributed by atoms with Crippen molar-refractivity contribution < 1.29 is 0 Å². The van der Waals surface area contributed by atoms with Crippen molar-refractivity contribution in [3.8, 4) is 0 Å². The van der Waals surface area contributed by atoms with Crippen LogP contribution in [-0.4, -0.2) is 0 Å². The van der Waals surface area contributed by atoms with Gasteiger partial charge in [-0.3, -0.25) is 0 Å². The molecule has 0 aromatic heterocycles. The molecule has 0 atom stereocenters. The summed E-state index contributed by atoms with van der Waals surface area (Å²) in [5.41, 5.74) is 4.00. The molecular weight excluding hydrogens is 266 g/mol. The van der Waals surface area contributed by atoms with Gasteiger partial charge in [0.15, 0.2) is 0 Å². The van der Waals surface area contributed by atoms with Crippen molar-refractivity contribution in [2.45, 2.75) is 33.4 Å². The third-order valence-corrected chi connectivity index (χ3v) is 3.49. The Morgan fingerprint density at radius 2 is 1.25 bits per heavy atom. The third kappa shape index (κ3) is 4.99. The Bertz CT molecular complexity index is 514. The second-order valence-electron chi connectivity index (χ2n) is 5.64. The van der Waals surface area contributed by atoms with E-state index in [0.717, 1.165) is 24.5 Å². The molecule has 0 bridgehead atoms. The maximum absolute atomic E-state index is 5.87. The van der Waals surface area contributed by atoms with Gasteiger partial charge in [-0.25, -0.2) is 0 Å². The number of benzene rings is 2. The Balaban J connectivity index is 1.80. The van der Waals surface area contributed by atoms with Gasteiger partial charge in [0, 0.05) is 18.1 Å². The summed E-state index contributed by atoms with van der Waals surface area (Å²) in [6.07, 6.45) is 1.15. The molecule has 0 aliphatic heterocycles. The van der Waals surface area contributed by atoms with E-state index in [1.54, 1.807) is 0 Å². The molecule has 2 heteroatoms. The third-order valence-electron chi connectivity index (χ3n) is 3.24. The lowest BCUT2D eigenvalue weighted by Crippen LogP contribution is -2.12. The molecule has 0 amide bonds. The Morgan fingerprint density at radius 3 is 1.75 bits per heavy atom. The quantitative estimate of drug-likeness (QED) is 0.802. The van der Waals surface area contributed by atoms with E-state index in [2.05, 4.69) is 55.6 Å². The van der Waals surface area contributed by atoms with Crippen molar-refractivity contribution in [2.75, 3.05) is 0 Å². The van der Waals surface area contributed by atoms with Gasteiger partial charge >= 0.3 is 0 Å². The van der Waals surface area contributed by atoms with Crippen molar-refractivity contribution in [2.24, 2.45) is 5.92 Å². The lowest BCUT2D eigenvalue weighted by molar-refractivity contribution is 0.646. The first-order chi connectivity index (χ1) is 9.63. The normalized spacial score (nSPS) is 11.0. The Labute approximate surface area is 127 Å². The van der Waals surface area contributed by atoms with Gasteiger partial charge in [0.1, 0.15) is 0 Å². The number of hydrogen-bond acceptors (Lipinski definition) is 1. The Morgan fingerprint density at radius 1 is 0.800 bits per heavy atom. The summed E-state index contributed by atoms with van der Waals surface area (Å²) in [7, 11) is 0. The van der Waals surface area contributed by atoms with Crippen LogP contribution >= 0.6 is 11.6 Å². The molecule has 0 fully saturated rings. The molecule has 0 aliphatic carbocycles. The lowest BCUT2D eigenvalue weighted by atomic mass is 10.0. The summed E-state index contributed by atoms with van der Waals surface area (Å²) in [6, 6.07) is 16.9. The first kappa shape index (κ1) is 15.1. The molecule has 0 radical (unpaired) electrons. The van der Waals surface area contributed by atoms with E-state index < -0.39 is 0 Å². The van der Waals surface area contributed by atoms with Crippen molar-refractivity contribution in [3.05, 3.63) is 70.2 Å². The first-order valence-electron chi connectivity index (χ1n) is 7.16. The van der Waals surface area contributed by atoms with Gasteiger partial charge in [-0.1, -0.05) is 61.8 Å². The van der Waals surface area contributed by atoms with Crippen molar-refractivity contribution >= 4 is 11.6 Å². The predicted molar refractivity (Wildman–Crippen MR) is 87.0 cm³/mol. The first-order valence-corrected chi connectivity index (χ1v) is 7.54. The van der Waals surface area contributed by atoms with Crippen LogP contribution in [0.2, 0.25) is 5.02 Å². The van der Waals surface area contributed by atoms with E-state index >= 15 is 0 Å². The minimum absolute atomic E-state index is 0.712. The molecule has 0 aliphatic rings. The molecule has 20 heavy (non-hydrogen) atoms. The highest BCUT2D eigenvalue weighted by molar-refractivity contribution is 6.30. The maximum atomic E-state index is 5.87. The van der Waals surface area contributed by atoms with Crippen LogP contribution in [0.4, 0.5) is 0 Å². The van der Waals surface area contributed by atoms with Crippen LogP contribution in [0.3, 0.4) is 0 Å². The number of rotatable bonds is 6. The maximum Gasteiger partial charge on any atom is 0.0406 e. The predicted octanol–water partition coefficient (Wildman–Crippen LogP) is 4.83.